The lowest BCUT2D eigenvalue weighted by Gasteiger charge is -2.44. The largest absolute Gasteiger partial charge is 0.497 e. The smallest absolute Gasteiger partial charge is 0.246 e. The average Bonchev–Trinajstić information content (AvgIpc) is 3.68. The minimum atomic E-state index is -0.915. The Kier molecular flexibility index (Phi) is 7.53. The number of nitrogens with one attached hydrogen (secondary N) is 2. The molecular weight excluding hydrogens is 442 g/mol. The maximum Gasteiger partial charge on any atom is 0.246 e. The van der Waals surface area contributed by atoms with E-state index in [2.05, 4.69) is 17.6 Å². The standard InChI is InChI=1S/C28H37N3O4/c1-19-16-23(11-13-25(19)30-22-9-10-22)31(20(2)32)28(14-6-5-7-15-28)27(33)29-18-21-8-12-24(34-3)17-26(21)35-4/h8,11-13,16-17,22,30H,5-7,9-10,14-15,18H2,1-4H3,(H,29,33). The molecule has 35 heavy (non-hydrogen) atoms. The Bertz CT molecular complexity index is 1070. The second-order valence-corrected chi connectivity index (χ2v) is 9.72. The van der Waals surface area contributed by atoms with E-state index in [1.165, 1.54) is 12.8 Å². The molecule has 0 saturated heterocycles. The van der Waals surface area contributed by atoms with Crippen molar-refractivity contribution < 1.29 is 19.1 Å². The van der Waals surface area contributed by atoms with E-state index in [0.717, 1.165) is 41.8 Å². The fraction of sp³-hybridized carbons (Fsp3) is 0.500. The van der Waals surface area contributed by atoms with Crippen LogP contribution in [0.25, 0.3) is 0 Å². The first-order valence-corrected chi connectivity index (χ1v) is 12.5. The number of carbonyl (C=O) groups is 2. The van der Waals surface area contributed by atoms with E-state index in [4.69, 9.17) is 9.47 Å². The third kappa shape index (κ3) is 5.39. The van der Waals surface area contributed by atoms with Gasteiger partial charge in [0.15, 0.2) is 0 Å². The van der Waals surface area contributed by atoms with Crippen LogP contribution in [-0.2, 0) is 16.1 Å². The van der Waals surface area contributed by atoms with Crippen LogP contribution in [-0.4, -0.2) is 37.6 Å². The van der Waals surface area contributed by atoms with Crippen LogP contribution in [0.5, 0.6) is 11.5 Å². The molecule has 7 heteroatoms. The predicted octanol–water partition coefficient (Wildman–Crippen LogP) is 4.96. The zero-order valence-corrected chi connectivity index (χ0v) is 21.3. The molecule has 0 atom stereocenters. The summed E-state index contributed by atoms with van der Waals surface area (Å²) < 4.78 is 10.8. The number of methoxy groups -OCH3 is 2. The number of hydrogen-bond donors (Lipinski definition) is 2. The van der Waals surface area contributed by atoms with E-state index < -0.39 is 5.54 Å². The van der Waals surface area contributed by atoms with Crippen molar-refractivity contribution in [2.45, 2.75) is 76.9 Å². The molecule has 0 heterocycles. The molecule has 0 radical (unpaired) electrons. The fourth-order valence-corrected chi connectivity index (χ4v) is 5.15. The number of benzene rings is 2. The van der Waals surface area contributed by atoms with Gasteiger partial charge in [0.05, 0.1) is 14.2 Å². The monoisotopic (exact) mass is 479 g/mol. The predicted molar refractivity (Wildman–Crippen MR) is 138 cm³/mol. The summed E-state index contributed by atoms with van der Waals surface area (Å²) in [6, 6.07) is 12.1. The van der Waals surface area contributed by atoms with Crippen LogP contribution in [0.1, 0.15) is 63.0 Å². The number of anilines is 2. The van der Waals surface area contributed by atoms with Crippen molar-refractivity contribution in [2.75, 3.05) is 24.4 Å². The van der Waals surface area contributed by atoms with Gasteiger partial charge in [-0.15, -0.1) is 0 Å². The summed E-state index contributed by atoms with van der Waals surface area (Å²) in [7, 11) is 3.21. The van der Waals surface area contributed by atoms with Gasteiger partial charge in [0, 0.05) is 42.5 Å². The van der Waals surface area contributed by atoms with Gasteiger partial charge in [0.25, 0.3) is 0 Å². The summed E-state index contributed by atoms with van der Waals surface area (Å²) >= 11 is 0. The van der Waals surface area contributed by atoms with Gasteiger partial charge in [-0.05, 0) is 68.5 Å². The van der Waals surface area contributed by atoms with Crippen molar-refractivity contribution in [1.29, 1.82) is 0 Å². The maximum atomic E-state index is 13.9. The van der Waals surface area contributed by atoms with E-state index in [1.54, 1.807) is 32.1 Å². The number of rotatable bonds is 9. The first-order valence-electron chi connectivity index (χ1n) is 12.5. The highest BCUT2D eigenvalue weighted by atomic mass is 16.5. The Morgan fingerprint density at radius 1 is 1.03 bits per heavy atom. The molecule has 188 valence electrons. The Balaban J connectivity index is 1.61. The third-order valence-electron chi connectivity index (χ3n) is 7.19. The molecule has 2 amide bonds. The molecule has 0 bridgehead atoms. The van der Waals surface area contributed by atoms with E-state index in [0.29, 0.717) is 36.9 Å². The first kappa shape index (κ1) is 24.9. The van der Waals surface area contributed by atoms with Gasteiger partial charge in [-0.2, -0.15) is 0 Å². The van der Waals surface area contributed by atoms with Crippen LogP contribution >= 0.6 is 0 Å². The third-order valence-corrected chi connectivity index (χ3v) is 7.19. The number of ether oxygens (including phenoxy) is 2. The van der Waals surface area contributed by atoms with E-state index in [9.17, 15) is 9.59 Å². The number of aryl methyl sites for hydroxylation is 1. The number of nitrogens with zero attached hydrogens (tertiary/aromatic N) is 1. The van der Waals surface area contributed by atoms with Crippen molar-refractivity contribution in [3.8, 4) is 11.5 Å². The Morgan fingerprint density at radius 2 is 1.77 bits per heavy atom. The van der Waals surface area contributed by atoms with E-state index in [-0.39, 0.29) is 11.8 Å². The molecule has 4 rings (SSSR count). The molecule has 7 nitrogen and oxygen atoms in total. The van der Waals surface area contributed by atoms with Gasteiger partial charge in [-0.3, -0.25) is 14.5 Å². The van der Waals surface area contributed by atoms with Crippen molar-refractivity contribution in [3.63, 3.8) is 0 Å². The Morgan fingerprint density at radius 3 is 2.37 bits per heavy atom. The summed E-state index contributed by atoms with van der Waals surface area (Å²) in [6.45, 7) is 3.92. The lowest BCUT2D eigenvalue weighted by atomic mass is 9.78. The fourth-order valence-electron chi connectivity index (χ4n) is 5.15. The van der Waals surface area contributed by atoms with E-state index >= 15 is 0 Å². The van der Waals surface area contributed by atoms with Crippen molar-refractivity contribution in [3.05, 3.63) is 47.5 Å². The lowest BCUT2D eigenvalue weighted by Crippen LogP contribution is -2.61. The van der Waals surface area contributed by atoms with Crippen LogP contribution in [0, 0.1) is 6.92 Å². The van der Waals surface area contributed by atoms with Gasteiger partial charge < -0.3 is 20.1 Å². The van der Waals surface area contributed by atoms with Gasteiger partial charge in [0.1, 0.15) is 17.0 Å². The molecule has 2 aliphatic carbocycles. The molecule has 2 saturated carbocycles. The molecular formula is C28H37N3O4. The molecule has 2 N–H and O–H groups in total. The molecule has 0 aliphatic heterocycles. The highest BCUT2D eigenvalue weighted by molar-refractivity contribution is 6.03. The van der Waals surface area contributed by atoms with Gasteiger partial charge >= 0.3 is 0 Å². The highest BCUT2D eigenvalue weighted by Crippen LogP contribution is 2.39. The summed E-state index contributed by atoms with van der Waals surface area (Å²) in [5.74, 6) is 1.10. The maximum absolute atomic E-state index is 13.9. The highest BCUT2D eigenvalue weighted by Gasteiger charge is 2.47. The quantitative estimate of drug-likeness (QED) is 0.532. The van der Waals surface area contributed by atoms with Crippen molar-refractivity contribution in [2.24, 2.45) is 0 Å². The van der Waals surface area contributed by atoms with Gasteiger partial charge in [0.2, 0.25) is 11.8 Å². The Labute approximate surface area is 208 Å². The topological polar surface area (TPSA) is 79.9 Å². The summed E-state index contributed by atoms with van der Waals surface area (Å²) in [4.78, 5) is 28.7. The minimum Gasteiger partial charge on any atom is -0.497 e. The van der Waals surface area contributed by atoms with E-state index in [1.807, 2.05) is 30.3 Å². The van der Waals surface area contributed by atoms with Crippen LogP contribution in [0.15, 0.2) is 36.4 Å². The summed E-state index contributed by atoms with van der Waals surface area (Å²) in [5.41, 5.74) is 2.88. The van der Waals surface area contributed by atoms with Crippen molar-refractivity contribution in [1.82, 2.24) is 5.32 Å². The summed E-state index contributed by atoms with van der Waals surface area (Å²) in [5, 5.41) is 6.67. The Hall–Kier alpha value is -3.22. The number of amides is 2. The molecule has 2 fully saturated rings. The lowest BCUT2D eigenvalue weighted by molar-refractivity contribution is -0.131. The molecule has 2 aliphatic rings. The zero-order chi connectivity index (χ0) is 25.0. The molecule has 0 spiro atoms. The van der Waals surface area contributed by atoms with Gasteiger partial charge in [-0.25, -0.2) is 0 Å². The average molecular weight is 480 g/mol. The SMILES string of the molecule is COc1ccc(CNC(=O)C2(N(C(C)=O)c3ccc(NC4CC4)c(C)c3)CCCCC2)c(OC)c1. The number of hydrogen-bond acceptors (Lipinski definition) is 5. The van der Waals surface area contributed by atoms with Crippen LogP contribution in [0.3, 0.4) is 0 Å². The second kappa shape index (κ2) is 10.6. The molecule has 0 aromatic heterocycles. The normalized spacial score (nSPS) is 16.8. The molecule has 0 unspecified atom stereocenters. The minimum absolute atomic E-state index is 0.119. The van der Waals surface area contributed by atoms with Crippen LogP contribution in [0.2, 0.25) is 0 Å². The van der Waals surface area contributed by atoms with Gasteiger partial charge in [-0.1, -0.05) is 19.3 Å². The molecule has 2 aromatic rings. The van der Waals surface area contributed by atoms with Crippen LogP contribution in [0.4, 0.5) is 11.4 Å². The van der Waals surface area contributed by atoms with Crippen LogP contribution < -0.4 is 25.0 Å². The zero-order valence-electron chi connectivity index (χ0n) is 21.3. The van der Waals surface area contributed by atoms with Crippen molar-refractivity contribution >= 4 is 23.2 Å². The summed E-state index contributed by atoms with van der Waals surface area (Å²) in [6.07, 6.45) is 6.55. The number of carbonyl (C=O) groups excluding carboxylic acids is 2. The first-order chi connectivity index (χ1) is 16.9. The second-order valence-electron chi connectivity index (χ2n) is 9.72. The molecule has 2 aromatic carbocycles.